The molecule has 0 aliphatic rings. The van der Waals surface area contributed by atoms with Crippen LogP contribution in [0.5, 0.6) is 0 Å². The Morgan fingerprint density at radius 1 is 1.42 bits per heavy atom. The number of nitrogens with one attached hydrogen (secondary N) is 2. The van der Waals surface area contributed by atoms with Crippen molar-refractivity contribution in [1.29, 1.82) is 0 Å². The van der Waals surface area contributed by atoms with Gasteiger partial charge in [-0.1, -0.05) is 0 Å². The largest absolute Gasteiger partial charge is 0.396 e. The summed E-state index contributed by atoms with van der Waals surface area (Å²) in [5, 5.41) is 14.4. The predicted octanol–water partition coefficient (Wildman–Crippen LogP) is 1.43. The third-order valence-corrected chi connectivity index (χ3v) is 2.65. The molecule has 2 amide bonds. The lowest BCUT2D eigenvalue weighted by Gasteiger charge is -2.25. The Kier molecular flexibility index (Phi) is 5.11. The molecule has 0 saturated heterocycles. The first kappa shape index (κ1) is 15.2. The van der Waals surface area contributed by atoms with Gasteiger partial charge in [-0.25, -0.2) is 9.78 Å². The maximum Gasteiger partial charge on any atom is 0.319 e. The Hall–Kier alpha value is -1.82. The van der Waals surface area contributed by atoms with E-state index in [1.165, 1.54) is 0 Å². The second-order valence-electron chi connectivity index (χ2n) is 5.24. The van der Waals surface area contributed by atoms with Gasteiger partial charge < -0.3 is 20.6 Å². The minimum Gasteiger partial charge on any atom is -0.396 e. The lowest BCUT2D eigenvalue weighted by atomic mass is 10.0. The summed E-state index contributed by atoms with van der Waals surface area (Å²) >= 11 is 0. The highest BCUT2D eigenvalue weighted by atomic mass is 16.3. The van der Waals surface area contributed by atoms with Crippen LogP contribution in [-0.4, -0.2) is 42.4 Å². The summed E-state index contributed by atoms with van der Waals surface area (Å²) in [5.74, 6) is 0.826. The molecular formula is C13H22N4O2. The molecule has 0 aliphatic heterocycles. The van der Waals surface area contributed by atoms with Gasteiger partial charge in [0.2, 0.25) is 0 Å². The first-order valence-corrected chi connectivity index (χ1v) is 6.17. The van der Waals surface area contributed by atoms with Crippen LogP contribution in [0.15, 0.2) is 18.3 Å². The maximum atomic E-state index is 11.8. The highest BCUT2D eigenvalue weighted by Crippen LogP contribution is 2.12. The minimum atomic E-state index is -0.449. The number of urea groups is 1. The predicted molar refractivity (Wildman–Crippen MR) is 76.5 cm³/mol. The lowest BCUT2D eigenvalue weighted by Crippen LogP contribution is -2.46. The van der Waals surface area contributed by atoms with Crippen LogP contribution < -0.4 is 15.5 Å². The van der Waals surface area contributed by atoms with Crippen LogP contribution in [0.3, 0.4) is 0 Å². The molecule has 19 heavy (non-hydrogen) atoms. The van der Waals surface area contributed by atoms with Crippen molar-refractivity contribution in [3.63, 3.8) is 0 Å². The molecule has 6 heteroatoms. The Labute approximate surface area is 113 Å². The van der Waals surface area contributed by atoms with Crippen molar-refractivity contribution in [2.45, 2.75) is 25.8 Å². The zero-order valence-electron chi connectivity index (χ0n) is 11.9. The molecule has 0 unspecified atom stereocenters. The van der Waals surface area contributed by atoms with Crippen LogP contribution in [0, 0.1) is 0 Å². The number of rotatable bonds is 5. The van der Waals surface area contributed by atoms with Crippen LogP contribution in [0.1, 0.15) is 20.3 Å². The topological polar surface area (TPSA) is 77.5 Å². The molecule has 1 rings (SSSR count). The summed E-state index contributed by atoms with van der Waals surface area (Å²) < 4.78 is 0. The number of carbonyl (C=O) groups excluding carboxylic acids is 1. The van der Waals surface area contributed by atoms with E-state index in [9.17, 15) is 4.79 Å². The van der Waals surface area contributed by atoms with E-state index in [0.717, 1.165) is 5.82 Å². The molecule has 0 spiro atoms. The zero-order chi connectivity index (χ0) is 14.5. The first-order valence-electron chi connectivity index (χ1n) is 6.17. The van der Waals surface area contributed by atoms with E-state index < -0.39 is 5.54 Å². The number of pyridine rings is 1. The molecule has 0 bridgehead atoms. The molecule has 0 saturated carbocycles. The van der Waals surface area contributed by atoms with E-state index in [0.29, 0.717) is 12.1 Å². The molecule has 1 aromatic rings. The number of aliphatic hydroxyl groups excluding tert-OH is 1. The fourth-order valence-corrected chi connectivity index (χ4v) is 1.54. The van der Waals surface area contributed by atoms with Crippen LogP contribution in [-0.2, 0) is 0 Å². The summed E-state index contributed by atoms with van der Waals surface area (Å²) in [7, 11) is 3.80. The molecule has 0 radical (unpaired) electrons. The summed E-state index contributed by atoms with van der Waals surface area (Å²) in [5.41, 5.74) is 0.179. The van der Waals surface area contributed by atoms with Gasteiger partial charge in [0.15, 0.2) is 0 Å². The quantitative estimate of drug-likeness (QED) is 0.753. The van der Waals surface area contributed by atoms with Gasteiger partial charge in [-0.3, -0.25) is 0 Å². The van der Waals surface area contributed by atoms with Crippen molar-refractivity contribution in [2.24, 2.45) is 0 Å². The molecule has 0 atom stereocenters. The Morgan fingerprint density at radius 2 is 2.11 bits per heavy atom. The fraction of sp³-hybridized carbons (Fsp3) is 0.538. The Balaban J connectivity index is 2.57. The van der Waals surface area contributed by atoms with Crippen molar-refractivity contribution in [1.82, 2.24) is 10.3 Å². The number of aromatic nitrogens is 1. The van der Waals surface area contributed by atoms with E-state index in [-0.39, 0.29) is 12.6 Å². The zero-order valence-corrected chi connectivity index (χ0v) is 11.9. The second kappa shape index (κ2) is 6.38. The highest BCUT2D eigenvalue weighted by molar-refractivity contribution is 5.89. The van der Waals surface area contributed by atoms with Gasteiger partial charge in [0.25, 0.3) is 0 Å². The molecule has 106 valence electrons. The molecule has 6 nitrogen and oxygen atoms in total. The molecule has 3 N–H and O–H groups in total. The molecule has 1 aromatic heterocycles. The number of anilines is 2. The van der Waals surface area contributed by atoms with E-state index in [1.807, 2.05) is 38.9 Å². The standard InChI is InChI=1S/C13H22N4O2/c1-13(2,7-8-18)16-12(19)15-10-5-6-11(14-9-10)17(3)4/h5-6,9,18H,7-8H2,1-4H3,(H2,15,16,19). The number of carbonyl (C=O) groups is 1. The van der Waals surface area contributed by atoms with Gasteiger partial charge in [0, 0.05) is 26.2 Å². The fourth-order valence-electron chi connectivity index (χ4n) is 1.54. The Bertz CT molecular complexity index is 415. The SMILES string of the molecule is CN(C)c1ccc(NC(=O)NC(C)(C)CCO)cn1. The maximum absolute atomic E-state index is 11.8. The number of aliphatic hydroxyl groups is 1. The average Bonchev–Trinajstić information content (AvgIpc) is 2.28. The average molecular weight is 266 g/mol. The van der Waals surface area contributed by atoms with E-state index in [1.54, 1.807) is 12.3 Å². The molecular weight excluding hydrogens is 244 g/mol. The van der Waals surface area contributed by atoms with Crippen LogP contribution in [0.2, 0.25) is 0 Å². The molecule has 0 aliphatic carbocycles. The van der Waals surface area contributed by atoms with Crippen LogP contribution >= 0.6 is 0 Å². The summed E-state index contributed by atoms with van der Waals surface area (Å²) in [6.45, 7) is 3.75. The van der Waals surface area contributed by atoms with Crippen molar-refractivity contribution >= 4 is 17.5 Å². The van der Waals surface area contributed by atoms with E-state index in [2.05, 4.69) is 15.6 Å². The second-order valence-corrected chi connectivity index (χ2v) is 5.24. The molecule has 0 aromatic carbocycles. The van der Waals surface area contributed by atoms with Gasteiger partial charge >= 0.3 is 6.03 Å². The Morgan fingerprint density at radius 3 is 2.58 bits per heavy atom. The highest BCUT2D eigenvalue weighted by Gasteiger charge is 2.19. The van der Waals surface area contributed by atoms with E-state index in [4.69, 9.17) is 5.11 Å². The summed E-state index contributed by atoms with van der Waals surface area (Å²) in [6, 6.07) is 3.31. The molecule has 1 heterocycles. The number of hydrogen-bond donors (Lipinski definition) is 3. The van der Waals surface area contributed by atoms with Gasteiger partial charge in [-0.05, 0) is 32.4 Å². The van der Waals surface area contributed by atoms with Gasteiger partial charge in [0.1, 0.15) is 5.82 Å². The van der Waals surface area contributed by atoms with Crippen molar-refractivity contribution < 1.29 is 9.90 Å². The number of hydrogen-bond acceptors (Lipinski definition) is 4. The monoisotopic (exact) mass is 266 g/mol. The van der Waals surface area contributed by atoms with Crippen LogP contribution in [0.4, 0.5) is 16.3 Å². The third-order valence-electron chi connectivity index (χ3n) is 2.65. The van der Waals surface area contributed by atoms with Gasteiger partial charge in [-0.2, -0.15) is 0 Å². The van der Waals surface area contributed by atoms with E-state index >= 15 is 0 Å². The number of nitrogens with zero attached hydrogens (tertiary/aromatic N) is 2. The first-order chi connectivity index (χ1) is 8.84. The number of amides is 2. The molecule has 0 fully saturated rings. The summed E-state index contributed by atoms with van der Waals surface area (Å²) in [6.07, 6.45) is 2.10. The van der Waals surface area contributed by atoms with Crippen molar-refractivity contribution in [2.75, 3.05) is 30.9 Å². The van der Waals surface area contributed by atoms with Crippen molar-refractivity contribution in [3.8, 4) is 0 Å². The van der Waals surface area contributed by atoms with Gasteiger partial charge in [-0.15, -0.1) is 0 Å². The smallest absolute Gasteiger partial charge is 0.319 e. The summed E-state index contributed by atoms with van der Waals surface area (Å²) in [4.78, 5) is 17.9. The third kappa shape index (κ3) is 5.13. The normalized spacial score (nSPS) is 11.0. The van der Waals surface area contributed by atoms with Gasteiger partial charge in [0.05, 0.1) is 11.9 Å². The minimum absolute atomic E-state index is 0.0341. The van der Waals surface area contributed by atoms with Crippen molar-refractivity contribution in [3.05, 3.63) is 18.3 Å². The lowest BCUT2D eigenvalue weighted by molar-refractivity contribution is 0.218. The van der Waals surface area contributed by atoms with Crippen LogP contribution in [0.25, 0.3) is 0 Å².